The Kier molecular flexibility index (Phi) is 2.97. The molecule has 0 bridgehead atoms. The smallest absolute Gasteiger partial charge is 0.321 e. The van der Waals surface area contributed by atoms with Crippen LogP contribution < -0.4 is 5.32 Å². The number of carbonyl (C=O) groups excluding carboxylic acids is 1. The summed E-state index contributed by atoms with van der Waals surface area (Å²) in [6.07, 6.45) is -4.43. The van der Waals surface area contributed by atoms with Gasteiger partial charge in [0.1, 0.15) is 0 Å². The van der Waals surface area contributed by atoms with Crippen LogP contribution in [0.5, 0.6) is 0 Å². The van der Waals surface area contributed by atoms with E-state index >= 15 is 0 Å². The summed E-state index contributed by atoms with van der Waals surface area (Å²) in [5.41, 5.74) is -0.128. The van der Waals surface area contributed by atoms with Gasteiger partial charge >= 0.3 is 6.18 Å². The average molecular weight is 295 g/mol. The lowest BCUT2D eigenvalue weighted by molar-refractivity contribution is -0.137. The first-order valence-corrected chi connectivity index (χ1v) is 6.56. The lowest BCUT2D eigenvalue weighted by atomic mass is 10.1. The molecule has 0 saturated heterocycles. The molecule has 2 aromatic rings. The van der Waals surface area contributed by atoms with Crippen LogP contribution in [0.3, 0.4) is 0 Å². The van der Waals surface area contributed by atoms with Crippen molar-refractivity contribution in [3.63, 3.8) is 0 Å². The number of rotatable bonds is 0. The third kappa shape index (κ3) is 2.27. The fraction of sp³-hybridized carbons (Fsp3) is 0.0714. The van der Waals surface area contributed by atoms with Crippen LogP contribution in [0, 0.1) is 0 Å². The first kappa shape index (κ1) is 13.1. The van der Waals surface area contributed by atoms with E-state index in [-0.39, 0.29) is 5.69 Å². The van der Waals surface area contributed by atoms with E-state index in [0.29, 0.717) is 10.5 Å². The monoisotopic (exact) mass is 295 g/mol. The molecule has 2 nitrogen and oxygen atoms in total. The maximum atomic E-state index is 12.7. The van der Waals surface area contributed by atoms with Crippen LogP contribution in [0.15, 0.2) is 52.3 Å². The van der Waals surface area contributed by atoms with Crippen LogP contribution in [0.4, 0.5) is 18.9 Å². The Hall–Kier alpha value is -1.95. The van der Waals surface area contributed by atoms with Crippen LogP contribution in [0.25, 0.3) is 0 Å². The molecular weight excluding hydrogens is 287 g/mol. The molecule has 0 spiro atoms. The molecule has 1 N–H and O–H groups in total. The first-order valence-electron chi connectivity index (χ1n) is 5.74. The summed E-state index contributed by atoms with van der Waals surface area (Å²) in [4.78, 5) is 13.3. The van der Waals surface area contributed by atoms with Gasteiger partial charge in [-0.15, -0.1) is 0 Å². The number of alkyl halides is 3. The zero-order chi connectivity index (χ0) is 14.3. The number of halogens is 3. The van der Waals surface area contributed by atoms with E-state index < -0.39 is 17.6 Å². The van der Waals surface area contributed by atoms with Crippen molar-refractivity contribution in [2.75, 3.05) is 5.32 Å². The van der Waals surface area contributed by atoms with Crippen LogP contribution in [-0.2, 0) is 6.18 Å². The molecule has 20 heavy (non-hydrogen) atoms. The number of hydrogen-bond acceptors (Lipinski definition) is 2. The van der Waals surface area contributed by atoms with E-state index in [0.717, 1.165) is 17.0 Å². The number of nitrogens with one attached hydrogen (secondary N) is 1. The quantitative estimate of drug-likeness (QED) is 0.779. The van der Waals surface area contributed by atoms with E-state index in [4.69, 9.17) is 0 Å². The SMILES string of the molecule is O=C1Nc2cc(C(F)(F)F)ccc2Sc2ccccc21. The Morgan fingerprint density at radius 2 is 1.75 bits per heavy atom. The van der Waals surface area contributed by atoms with E-state index in [1.165, 1.54) is 17.8 Å². The van der Waals surface area contributed by atoms with Crippen molar-refractivity contribution in [2.45, 2.75) is 16.0 Å². The lowest BCUT2D eigenvalue weighted by Gasteiger charge is -2.11. The van der Waals surface area contributed by atoms with Gasteiger partial charge in [0, 0.05) is 9.79 Å². The Balaban J connectivity index is 2.10. The highest BCUT2D eigenvalue weighted by Crippen LogP contribution is 2.41. The highest BCUT2D eigenvalue weighted by atomic mass is 32.2. The van der Waals surface area contributed by atoms with E-state index in [9.17, 15) is 18.0 Å². The highest BCUT2D eigenvalue weighted by Gasteiger charge is 2.32. The van der Waals surface area contributed by atoms with Gasteiger partial charge in [-0.05, 0) is 30.3 Å². The minimum atomic E-state index is -4.43. The number of hydrogen-bond donors (Lipinski definition) is 1. The first-order chi connectivity index (χ1) is 9.45. The summed E-state index contributed by atoms with van der Waals surface area (Å²) < 4.78 is 38.1. The second-order valence-electron chi connectivity index (χ2n) is 4.26. The summed E-state index contributed by atoms with van der Waals surface area (Å²) in [6, 6.07) is 10.3. The van der Waals surface area contributed by atoms with Crippen molar-refractivity contribution >= 4 is 23.4 Å². The van der Waals surface area contributed by atoms with Crippen molar-refractivity contribution in [1.29, 1.82) is 0 Å². The molecule has 0 atom stereocenters. The lowest BCUT2D eigenvalue weighted by Crippen LogP contribution is -2.12. The van der Waals surface area contributed by atoms with Crippen molar-refractivity contribution in [3.05, 3.63) is 53.6 Å². The van der Waals surface area contributed by atoms with Gasteiger partial charge in [-0.2, -0.15) is 13.2 Å². The summed E-state index contributed by atoms with van der Waals surface area (Å²) in [7, 11) is 0. The molecule has 0 aromatic heterocycles. The Morgan fingerprint density at radius 1 is 1.00 bits per heavy atom. The van der Waals surface area contributed by atoms with Crippen molar-refractivity contribution in [2.24, 2.45) is 0 Å². The molecule has 0 saturated carbocycles. The second-order valence-corrected chi connectivity index (χ2v) is 5.34. The molecular formula is C14H8F3NOS. The molecule has 0 fully saturated rings. The minimum absolute atomic E-state index is 0.186. The molecule has 102 valence electrons. The molecule has 0 radical (unpaired) electrons. The minimum Gasteiger partial charge on any atom is -0.321 e. The van der Waals surface area contributed by atoms with Crippen molar-refractivity contribution in [3.8, 4) is 0 Å². The molecule has 1 amide bonds. The van der Waals surface area contributed by atoms with Gasteiger partial charge in [0.15, 0.2) is 0 Å². The fourth-order valence-corrected chi connectivity index (χ4v) is 2.95. The highest BCUT2D eigenvalue weighted by molar-refractivity contribution is 7.99. The Morgan fingerprint density at radius 3 is 2.50 bits per heavy atom. The molecule has 1 heterocycles. The molecule has 1 aliphatic heterocycles. The molecule has 3 rings (SSSR count). The largest absolute Gasteiger partial charge is 0.416 e. The number of benzene rings is 2. The van der Waals surface area contributed by atoms with Gasteiger partial charge in [-0.3, -0.25) is 4.79 Å². The Labute approximate surface area is 117 Å². The number of fused-ring (bicyclic) bond motifs is 2. The van der Waals surface area contributed by atoms with Crippen molar-refractivity contribution < 1.29 is 18.0 Å². The third-order valence-corrected chi connectivity index (χ3v) is 4.06. The van der Waals surface area contributed by atoms with Gasteiger partial charge in [-0.25, -0.2) is 0 Å². The zero-order valence-electron chi connectivity index (χ0n) is 9.99. The van der Waals surface area contributed by atoms with Gasteiger partial charge < -0.3 is 5.32 Å². The van der Waals surface area contributed by atoms with Crippen LogP contribution >= 0.6 is 11.8 Å². The van der Waals surface area contributed by atoms with Gasteiger partial charge in [0.2, 0.25) is 0 Å². The summed E-state index contributed by atoms with van der Waals surface area (Å²) >= 11 is 1.28. The molecule has 0 unspecified atom stereocenters. The number of carbonyl (C=O) groups is 1. The summed E-state index contributed by atoms with van der Waals surface area (Å²) in [5, 5.41) is 2.53. The second kappa shape index (κ2) is 4.56. The van der Waals surface area contributed by atoms with E-state index in [1.54, 1.807) is 24.3 Å². The van der Waals surface area contributed by atoms with Gasteiger partial charge in [0.05, 0.1) is 16.8 Å². The topological polar surface area (TPSA) is 29.1 Å². The fourth-order valence-electron chi connectivity index (χ4n) is 1.94. The van der Waals surface area contributed by atoms with E-state index in [2.05, 4.69) is 5.32 Å². The predicted octanol–water partition coefficient (Wildman–Crippen LogP) is 4.42. The standard InChI is InChI=1S/C14H8F3NOS/c15-14(16,17)8-5-6-12-10(7-8)18-13(19)9-3-1-2-4-11(9)20-12/h1-7H,(H,18,19). The molecule has 0 aliphatic carbocycles. The van der Waals surface area contributed by atoms with Crippen LogP contribution in [0.1, 0.15) is 15.9 Å². The van der Waals surface area contributed by atoms with Crippen LogP contribution in [0.2, 0.25) is 0 Å². The Bertz CT molecular complexity index is 697. The van der Waals surface area contributed by atoms with Crippen LogP contribution in [-0.4, -0.2) is 5.91 Å². The van der Waals surface area contributed by atoms with Crippen molar-refractivity contribution in [1.82, 2.24) is 0 Å². The maximum Gasteiger partial charge on any atom is 0.416 e. The molecule has 2 aromatic carbocycles. The van der Waals surface area contributed by atoms with Gasteiger partial charge in [-0.1, -0.05) is 23.9 Å². The number of amides is 1. The summed E-state index contributed by atoms with van der Waals surface area (Å²) in [6.45, 7) is 0. The third-order valence-electron chi connectivity index (χ3n) is 2.91. The normalized spacial score (nSPS) is 14.1. The van der Waals surface area contributed by atoms with Gasteiger partial charge in [0.25, 0.3) is 5.91 Å². The molecule has 1 aliphatic rings. The maximum absolute atomic E-state index is 12.7. The molecule has 6 heteroatoms. The van der Waals surface area contributed by atoms with E-state index in [1.807, 2.05) is 0 Å². The average Bonchev–Trinajstić information content (AvgIpc) is 2.53. The zero-order valence-corrected chi connectivity index (χ0v) is 10.8. The summed E-state index contributed by atoms with van der Waals surface area (Å²) in [5.74, 6) is -0.397. The number of anilines is 1. The predicted molar refractivity (Wildman–Crippen MR) is 70.0 cm³/mol.